The summed E-state index contributed by atoms with van der Waals surface area (Å²) in [5.74, 6) is 0.293. The third-order valence-corrected chi connectivity index (χ3v) is 4.04. The molecule has 0 radical (unpaired) electrons. The average molecular weight is 394 g/mol. The maximum atomic E-state index is 11.1. The van der Waals surface area contributed by atoms with E-state index in [1.165, 1.54) is 13.8 Å². The fourth-order valence-corrected chi connectivity index (χ4v) is 2.58. The summed E-state index contributed by atoms with van der Waals surface area (Å²) < 4.78 is 38.0. The summed E-state index contributed by atoms with van der Waals surface area (Å²) in [7, 11) is -3.53. The van der Waals surface area contributed by atoms with Crippen LogP contribution < -0.4 is 13.7 Å². The molecule has 0 spiro atoms. The number of carbonyl (C=O) groups is 1. The number of hydrogen-bond acceptors (Lipinski definition) is 6. The molecule has 2 aromatic carbocycles. The molecule has 0 aromatic heterocycles. The van der Waals surface area contributed by atoms with E-state index in [0.717, 1.165) is 11.8 Å². The Balaban J connectivity index is 1.84. The second kappa shape index (κ2) is 8.30. The first-order valence-electron chi connectivity index (χ1n) is 8.19. The van der Waals surface area contributed by atoms with Crippen molar-refractivity contribution in [3.63, 3.8) is 0 Å². The zero-order valence-corrected chi connectivity index (χ0v) is 16.2. The van der Waals surface area contributed by atoms with Crippen molar-refractivity contribution in [3.8, 4) is 17.2 Å². The predicted molar refractivity (Wildman–Crippen MR) is 99.9 cm³/mol. The molecule has 0 fully saturated rings. The van der Waals surface area contributed by atoms with Crippen molar-refractivity contribution in [3.05, 3.63) is 54.1 Å². The van der Waals surface area contributed by atoms with E-state index >= 15 is 0 Å². The average Bonchev–Trinajstić information content (AvgIpc) is 2.56. The number of aliphatic carboxylic acids is 1. The number of carboxylic acids is 1. The first-order valence-corrected chi connectivity index (χ1v) is 10.0. The van der Waals surface area contributed by atoms with Crippen molar-refractivity contribution < 1.29 is 32.0 Å². The molecule has 0 amide bonds. The summed E-state index contributed by atoms with van der Waals surface area (Å²) in [6.45, 7) is 3.38. The van der Waals surface area contributed by atoms with E-state index in [-0.39, 0.29) is 5.75 Å². The Kier molecular flexibility index (Phi) is 6.32. The predicted octanol–water partition coefficient (Wildman–Crippen LogP) is 2.89. The Hall–Kier alpha value is -2.74. The Morgan fingerprint density at radius 1 is 0.963 bits per heavy atom. The van der Waals surface area contributed by atoms with Crippen LogP contribution in [0.3, 0.4) is 0 Å². The van der Waals surface area contributed by atoms with Gasteiger partial charge in [-0.05, 0) is 55.8 Å². The van der Waals surface area contributed by atoms with Crippen LogP contribution in [0.1, 0.15) is 19.4 Å². The Labute approximate surface area is 158 Å². The normalized spacial score (nSPS) is 11.7. The minimum atomic E-state index is -3.53. The highest BCUT2D eigenvalue weighted by Crippen LogP contribution is 2.22. The Morgan fingerprint density at radius 3 is 2.00 bits per heavy atom. The van der Waals surface area contributed by atoms with Crippen LogP contribution in [0.15, 0.2) is 48.5 Å². The van der Waals surface area contributed by atoms with Gasteiger partial charge in [0.15, 0.2) is 5.60 Å². The van der Waals surface area contributed by atoms with Crippen molar-refractivity contribution in [1.29, 1.82) is 0 Å². The van der Waals surface area contributed by atoms with Crippen LogP contribution >= 0.6 is 0 Å². The molecule has 2 aromatic rings. The molecule has 0 saturated heterocycles. The highest BCUT2D eigenvalue weighted by atomic mass is 32.2. The number of carboxylic acid groups (broad SMARTS) is 1. The molecule has 27 heavy (non-hydrogen) atoms. The van der Waals surface area contributed by atoms with Crippen molar-refractivity contribution >= 4 is 16.1 Å². The van der Waals surface area contributed by atoms with E-state index in [2.05, 4.69) is 0 Å². The lowest BCUT2D eigenvalue weighted by Gasteiger charge is -2.21. The molecule has 2 rings (SSSR count). The van der Waals surface area contributed by atoms with Crippen LogP contribution in [0.25, 0.3) is 0 Å². The molecule has 8 heteroatoms. The van der Waals surface area contributed by atoms with Gasteiger partial charge in [0.1, 0.15) is 17.2 Å². The zero-order valence-electron chi connectivity index (χ0n) is 15.3. The Bertz CT molecular complexity index is 869. The molecule has 0 aliphatic rings. The minimum Gasteiger partial charge on any atom is -0.493 e. The van der Waals surface area contributed by atoms with Gasteiger partial charge in [-0.25, -0.2) is 4.79 Å². The molecular weight excluding hydrogens is 372 g/mol. The molecule has 7 nitrogen and oxygen atoms in total. The van der Waals surface area contributed by atoms with Gasteiger partial charge in [-0.3, -0.25) is 0 Å². The molecule has 0 bridgehead atoms. The van der Waals surface area contributed by atoms with E-state index in [1.54, 1.807) is 48.5 Å². The van der Waals surface area contributed by atoms with Gasteiger partial charge in [-0.1, -0.05) is 12.1 Å². The minimum absolute atomic E-state index is 0.266. The van der Waals surface area contributed by atoms with Crippen LogP contribution in [0.4, 0.5) is 0 Å². The van der Waals surface area contributed by atoms with Gasteiger partial charge >= 0.3 is 16.1 Å². The maximum Gasteiger partial charge on any atom is 0.347 e. The second-order valence-corrected chi connectivity index (χ2v) is 7.99. The van der Waals surface area contributed by atoms with Crippen molar-refractivity contribution in [2.45, 2.75) is 25.9 Å². The number of ether oxygens (including phenoxy) is 2. The van der Waals surface area contributed by atoms with Crippen LogP contribution in [-0.2, 0) is 21.3 Å². The lowest BCUT2D eigenvalue weighted by Crippen LogP contribution is -2.37. The summed E-state index contributed by atoms with van der Waals surface area (Å²) in [6.07, 6.45) is 1.62. The summed E-state index contributed by atoms with van der Waals surface area (Å²) >= 11 is 0. The summed E-state index contributed by atoms with van der Waals surface area (Å²) in [5.41, 5.74) is -0.339. The topological polar surface area (TPSA) is 99.1 Å². The van der Waals surface area contributed by atoms with Gasteiger partial charge in [0.2, 0.25) is 0 Å². The maximum absolute atomic E-state index is 11.1. The van der Waals surface area contributed by atoms with E-state index in [9.17, 15) is 13.2 Å². The van der Waals surface area contributed by atoms with Crippen molar-refractivity contribution in [2.24, 2.45) is 0 Å². The van der Waals surface area contributed by atoms with E-state index < -0.39 is 21.7 Å². The first kappa shape index (κ1) is 20.6. The van der Waals surface area contributed by atoms with Crippen LogP contribution in [-0.4, -0.2) is 38.0 Å². The van der Waals surface area contributed by atoms with E-state index in [0.29, 0.717) is 24.5 Å². The van der Waals surface area contributed by atoms with Gasteiger partial charge in [0, 0.05) is 6.42 Å². The van der Waals surface area contributed by atoms with Gasteiger partial charge in [0.25, 0.3) is 0 Å². The monoisotopic (exact) mass is 394 g/mol. The number of benzene rings is 2. The van der Waals surface area contributed by atoms with Gasteiger partial charge < -0.3 is 18.8 Å². The van der Waals surface area contributed by atoms with Gasteiger partial charge in [0.05, 0.1) is 12.9 Å². The third-order valence-electron chi connectivity index (χ3n) is 3.54. The van der Waals surface area contributed by atoms with Crippen LogP contribution in [0, 0.1) is 0 Å². The molecule has 0 aliphatic heterocycles. The van der Waals surface area contributed by atoms with E-state index in [4.69, 9.17) is 18.8 Å². The molecule has 0 heterocycles. The fourth-order valence-electron chi connectivity index (χ4n) is 2.12. The van der Waals surface area contributed by atoms with Gasteiger partial charge in [-0.2, -0.15) is 8.42 Å². The van der Waals surface area contributed by atoms with Crippen LogP contribution in [0.2, 0.25) is 0 Å². The fraction of sp³-hybridized carbons (Fsp3) is 0.316. The van der Waals surface area contributed by atoms with Gasteiger partial charge in [-0.15, -0.1) is 0 Å². The highest BCUT2D eigenvalue weighted by Gasteiger charge is 2.29. The second-order valence-electron chi connectivity index (χ2n) is 6.42. The smallest absolute Gasteiger partial charge is 0.347 e. The molecule has 1 N–H and O–H groups in total. The SMILES string of the molecule is CC(C)(Oc1ccc(OCCc2ccc(OS(C)(=O)=O)cc2)cc1)C(=O)O. The largest absolute Gasteiger partial charge is 0.493 e. The van der Waals surface area contributed by atoms with Crippen molar-refractivity contribution in [2.75, 3.05) is 12.9 Å². The van der Waals surface area contributed by atoms with Crippen LogP contribution in [0.5, 0.6) is 17.2 Å². The third kappa shape index (κ3) is 6.82. The highest BCUT2D eigenvalue weighted by molar-refractivity contribution is 7.86. The molecular formula is C19H22O7S. The Morgan fingerprint density at radius 2 is 1.48 bits per heavy atom. The molecule has 146 valence electrons. The molecule has 0 saturated carbocycles. The van der Waals surface area contributed by atoms with E-state index in [1.807, 2.05) is 0 Å². The summed E-state index contributed by atoms with van der Waals surface area (Å²) in [5, 5.41) is 9.07. The molecule has 0 aliphatic carbocycles. The summed E-state index contributed by atoms with van der Waals surface area (Å²) in [4.78, 5) is 11.1. The summed E-state index contributed by atoms with van der Waals surface area (Å²) in [6, 6.07) is 13.4. The number of hydrogen-bond donors (Lipinski definition) is 1. The molecule has 0 unspecified atom stereocenters. The first-order chi connectivity index (χ1) is 12.5. The quantitative estimate of drug-likeness (QED) is 0.653. The number of rotatable bonds is 9. The van der Waals surface area contributed by atoms with Crippen molar-refractivity contribution in [1.82, 2.24) is 0 Å². The zero-order chi connectivity index (χ0) is 20.1. The lowest BCUT2D eigenvalue weighted by atomic mass is 10.1. The molecule has 0 atom stereocenters. The lowest BCUT2D eigenvalue weighted by molar-refractivity contribution is -0.152. The standard InChI is InChI=1S/C19H22O7S/c1-19(2,18(20)21)25-16-10-8-15(9-11-16)24-13-12-14-4-6-17(7-5-14)26-27(3,22)23/h4-11H,12-13H2,1-3H3,(H,20,21).